The summed E-state index contributed by atoms with van der Waals surface area (Å²) in [7, 11) is 0. The van der Waals surface area contributed by atoms with Crippen molar-refractivity contribution in [3.63, 3.8) is 0 Å². The zero-order valence-corrected chi connectivity index (χ0v) is 9.66. The van der Waals surface area contributed by atoms with Gasteiger partial charge in [0.25, 0.3) is 0 Å². The van der Waals surface area contributed by atoms with E-state index < -0.39 is 0 Å². The molecule has 16 heavy (non-hydrogen) atoms. The second-order valence-electron chi connectivity index (χ2n) is 3.64. The summed E-state index contributed by atoms with van der Waals surface area (Å²) in [5.41, 5.74) is 0.696. The second-order valence-corrected chi connectivity index (χ2v) is 3.64. The van der Waals surface area contributed by atoms with Crippen LogP contribution in [0.4, 0.5) is 10.1 Å². The molecule has 1 aromatic carbocycles. The molecule has 0 aliphatic rings. The first-order valence-corrected chi connectivity index (χ1v) is 5.47. The highest BCUT2D eigenvalue weighted by atomic mass is 19.1. The van der Waals surface area contributed by atoms with Crippen molar-refractivity contribution >= 4 is 5.69 Å². The summed E-state index contributed by atoms with van der Waals surface area (Å²) in [5, 5.41) is 12.1. The molecule has 4 heteroatoms. The number of ether oxygens (including phenoxy) is 1. The van der Waals surface area contributed by atoms with Crippen LogP contribution in [0.1, 0.15) is 20.3 Å². The molecular formula is C12H18FNO2. The molecule has 0 heterocycles. The first-order valence-electron chi connectivity index (χ1n) is 5.47. The van der Waals surface area contributed by atoms with Crippen molar-refractivity contribution in [3.05, 3.63) is 24.0 Å². The van der Waals surface area contributed by atoms with Crippen molar-refractivity contribution in [2.24, 2.45) is 0 Å². The number of hydrogen-bond acceptors (Lipinski definition) is 3. The van der Waals surface area contributed by atoms with Gasteiger partial charge in [-0.25, -0.2) is 4.39 Å². The molecule has 0 amide bonds. The van der Waals surface area contributed by atoms with Crippen LogP contribution >= 0.6 is 0 Å². The number of hydrogen-bond donors (Lipinski definition) is 2. The Morgan fingerprint density at radius 1 is 1.50 bits per heavy atom. The normalized spacial score (nSPS) is 12.2. The lowest BCUT2D eigenvalue weighted by Crippen LogP contribution is -2.09. The van der Waals surface area contributed by atoms with E-state index in [2.05, 4.69) is 5.32 Å². The average molecular weight is 227 g/mol. The predicted molar refractivity (Wildman–Crippen MR) is 62.4 cm³/mol. The van der Waals surface area contributed by atoms with Crippen LogP contribution in [0.2, 0.25) is 0 Å². The monoisotopic (exact) mass is 227 g/mol. The molecule has 0 fully saturated rings. The van der Waals surface area contributed by atoms with Gasteiger partial charge >= 0.3 is 0 Å². The van der Waals surface area contributed by atoms with Gasteiger partial charge in [0.2, 0.25) is 0 Å². The summed E-state index contributed by atoms with van der Waals surface area (Å²) in [6.45, 7) is 4.60. The average Bonchev–Trinajstić information content (AvgIpc) is 2.21. The van der Waals surface area contributed by atoms with Gasteiger partial charge in [0, 0.05) is 18.3 Å². The lowest BCUT2D eigenvalue weighted by atomic mass is 10.2. The minimum absolute atomic E-state index is 0.267. The van der Waals surface area contributed by atoms with E-state index in [4.69, 9.17) is 9.84 Å². The van der Waals surface area contributed by atoms with Crippen molar-refractivity contribution in [3.8, 4) is 5.75 Å². The standard InChI is InChI=1S/C12H18FNO2/c1-3-16-12-5-4-10(8-11(12)13)14-7-6-9(2)15/h4-5,8-9,14-15H,3,6-7H2,1-2H3. The van der Waals surface area contributed by atoms with Gasteiger partial charge in [-0.1, -0.05) is 0 Å². The van der Waals surface area contributed by atoms with Gasteiger partial charge in [0.05, 0.1) is 12.7 Å². The molecule has 0 saturated carbocycles. The van der Waals surface area contributed by atoms with E-state index in [1.54, 1.807) is 19.1 Å². The van der Waals surface area contributed by atoms with Crippen LogP contribution < -0.4 is 10.1 Å². The van der Waals surface area contributed by atoms with Crippen LogP contribution in [0.15, 0.2) is 18.2 Å². The molecule has 1 unspecified atom stereocenters. The lowest BCUT2D eigenvalue weighted by Gasteiger charge is -2.10. The first kappa shape index (κ1) is 12.8. The molecule has 0 aliphatic heterocycles. The molecule has 0 aromatic heterocycles. The van der Waals surface area contributed by atoms with Crippen molar-refractivity contribution in [2.75, 3.05) is 18.5 Å². The number of aliphatic hydroxyl groups excluding tert-OH is 1. The van der Waals surface area contributed by atoms with Crippen LogP contribution in [0.3, 0.4) is 0 Å². The maximum absolute atomic E-state index is 13.4. The molecule has 1 aromatic rings. The summed E-state index contributed by atoms with van der Waals surface area (Å²) >= 11 is 0. The number of halogens is 1. The van der Waals surface area contributed by atoms with Crippen LogP contribution in [0, 0.1) is 5.82 Å². The number of benzene rings is 1. The summed E-state index contributed by atoms with van der Waals surface area (Å²) < 4.78 is 18.5. The minimum Gasteiger partial charge on any atom is -0.491 e. The molecule has 90 valence electrons. The third-order valence-corrected chi connectivity index (χ3v) is 2.12. The van der Waals surface area contributed by atoms with Gasteiger partial charge in [-0.15, -0.1) is 0 Å². The van der Waals surface area contributed by atoms with Gasteiger partial charge in [-0.2, -0.15) is 0 Å². The van der Waals surface area contributed by atoms with Crippen molar-refractivity contribution in [2.45, 2.75) is 26.4 Å². The maximum atomic E-state index is 13.4. The highest BCUT2D eigenvalue weighted by Crippen LogP contribution is 2.21. The SMILES string of the molecule is CCOc1ccc(NCCC(C)O)cc1F. The Labute approximate surface area is 95.2 Å². The maximum Gasteiger partial charge on any atom is 0.167 e. The molecular weight excluding hydrogens is 209 g/mol. The molecule has 0 spiro atoms. The van der Waals surface area contributed by atoms with E-state index in [-0.39, 0.29) is 17.7 Å². The van der Waals surface area contributed by atoms with E-state index in [0.29, 0.717) is 25.3 Å². The summed E-state index contributed by atoms with van der Waals surface area (Å²) in [5.74, 6) is -0.104. The minimum atomic E-state index is -0.371. The molecule has 3 nitrogen and oxygen atoms in total. The Hall–Kier alpha value is -1.29. The Kier molecular flexibility index (Phi) is 5.05. The van der Waals surface area contributed by atoms with Crippen molar-refractivity contribution < 1.29 is 14.2 Å². The van der Waals surface area contributed by atoms with Crippen LogP contribution in [-0.4, -0.2) is 24.4 Å². The topological polar surface area (TPSA) is 41.5 Å². The molecule has 1 atom stereocenters. The van der Waals surface area contributed by atoms with Gasteiger partial charge in [0.15, 0.2) is 11.6 Å². The Bertz CT molecular complexity index is 329. The zero-order valence-electron chi connectivity index (χ0n) is 9.66. The predicted octanol–water partition coefficient (Wildman–Crippen LogP) is 2.41. The van der Waals surface area contributed by atoms with Crippen molar-refractivity contribution in [1.29, 1.82) is 0 Å². The van der Waals surface area contributed by atoms with E-state index >= 15 is 0 Å². The number of nitrogens with one attached hydrogen (secondary N) is 1. The van der Waals surface area contributed by atoms with Gasteiger partial charge in [-0.3, -0.25) is 0 Å². The van der Waals surface area contributed by atoms with E-state index in [9.17, 15) is 4.39 Å². The summed E-state index contributed by atoms with van der Waals surface area (Å²) in [4.78, 5) is 0. The van der Waals surface area contributed by atoms with Crippen LogP contribution in [0.25, 0.3) is 0 Å². The summed E-state index contributed by atoms with van der Waals surface area (Å²) in [6.07, 6.45) is 0.287. The molecule has 0 bridgehead atoms. The lowest BCUT2D eigenvalue weighted by molar-refractivity contribution is 0.189. The van der Waals surface area contributed by atoms with E-state index in [1.165, 1.54) is 6.07 Å². The quantitative estimate of drug-likeness (QED) is 0.784. The fourth-order valence-electron chi connectivity index (χ4n) is 1.31. The van der Waals surface area contributed by atoms with Gasteiger partial charge in [-0.05, 0) is 32.4 Å². The van der Waals surface area contributed by atoms with Crippen LogP contribution in [0.5, 0.6) is 5.75 Å². The second kappa shape index (κ2) is 6.33. The third-order valence-electron chi connectivity index (χ3n) is 2.12. The van der Waals surface area contributed by atoms with Gasteiger partial charge < -0.3 is 15.2 Å². The van der Waals surface area contributed by atoms with Crippen molar-refractivity contribution in [1.82, 2.24) is 0 Å². The molecule has 0 aliphatic carbocycles. The van der Waals surface area contributed by atoms with E-state index in [1.807, 2.05) is 6.92 Å². The van der Waals surface area contributed by atoms with Crippen LogP contribution in [-0.2, 0) is 0 Å². The largest absolute Gasteiger partial charge is 0.491 e. The van der Waals surface area contributed by atoms with E-state index in [0.717, 1.165) is 0 Å². The zero-order chi connectivity index (χ0) is 12.0. The Morgan fingerprint density at radius 2 is 2.25 bits per heavy atom. The third kappa shape index (κ3) is 4.06. The fraction of sp³-hybridized carbons (Fsp3) is 0.500. The fourth-order valence-corrected chi connectivity index (χ4v) is 1.31. The number of anilines is 1. The van der Waals surface area contributed by atoms with Gasteiger partial charge in [0.1, 0.15) is 0 Å². The highest BCUT2D eigenvalue weighted by molar-refractivity contribution is 5.47. The smallest absolute Gasteiger partial charge is 0.167 e. The Morgan fingerprint density at radius 3 is 2.81 bits per heavy atom. The molecule has 1 rings (SSSR count). The molecule has 0 saturated heterocycles. The Balaban J connectivity index is 2.52. The summed E-state index contributed by atoms with van der Waals surface area (Å²) in [6, 6.07) is 4.76. The molecule has 2 N–H and O–H groups in total. The molecule has 0 radical (unpaired) electrons. The number of rotatable bonds is 6. The number of aliphatic hydroxyl groups is 1. The first-order chi connectivity index (χ1) is 7.63. The highest BCUT2D eigenvalue weighted by Gasteiger charge is 2.04.